The van der Waals surface area contributed by atoms with Crippen LogP contribution in [0.3, 0.4) is 0 Å². The van der Waals surface area contributed by atoms with Gasteiger partial charge in [-0.25, -0.2) is 0 Å². The molecule has 2 aliphatic heterocycles. The molecule has 1 atom stereocenters. The smallest absolute Gasteiger partial charge is 0.305 e. The molecule has 2 aliphatic rings. The summed E-state index contributed by atoms with van der Waals surface area (Å²) >= 11 is 0. The van der Waals surface area contributed by atoms with Gasteiger partial charge >= 0.3 is 5.97 Å². The zero-order valence-electron chi connectivity index (χ0n) is 22.9. The van der Waals surface area contributed by atoms with E-state index in [0.717, 1.165) is 5.56 Å². The normalized spacial score (nSPS) is 15.1. The number of nitro groups is 1. The molecule has 42 heavy (non-hydrogen) atoms. The van der Waals surface area contributed by atoms with Crippen molar-refractivity contribution in [3.05, 3.63) is 93.0 Å². The Morgan fingerprint density at radius 2 is 1.69 bits per heavy atom. The summed E-state index contributed by atoms with van der Waals surface area (Å²) in [7, 11) is 0. The molecule has 218 valence electrons. The van der Waals surface area contributed by atoms with Crippen molar-refractivity contribution < 1.29 is 33.9 Å². The summed E-state index contributed by atoms with van der Waals surface area (Å²) in [4.78, 5) is 52.9. The Hall–Kier alpha value is -5.13. The first-order chi connectivity index (χ1) is 20.2. The number of nitrogens with one attached hydrogen (secondary N) is 1. The van der Waals surface area contributed by atoms with Gasteiger partial charge in [-0.1, -0.05) is 29.8 Å². The van der Waals surface area contributed by atoms with Crippen LogP contribution in [0.4, 0.5) is 11.4 Å². The summed E-state index contributed by atoms with van der Waals surface area (Å²) in [6.07, 6.45) is 0.243. The Balaban J connectivity index is 1.30. The molecule has 0 aliphatic carbocycles. The third-order valence-corrected chi connectivity index (χ3v) is 7.34. The van der Waals surface area contributed by atoms with Gasteiger partial charge in [0.05, 0.1) is 17.4 Å². The molecule has 1 saturated heterocycles. The Labute approximate surface area is 241 Å². The van der Waals surface area contributed by atoms with Gasteiger partial charge in [0.15, 0.2) is 11.5 Å². The predicted octanol–water partition coefficient (Wildman–Crippen LogP) is 3.93. The van der Waals surface area contributed by atoms with E-state index < -0.39 is 22.8 Å². The maximum absolute atomic E-state index is 13.2. The third-order valence-electron chi connectivity index (χ3n) is 7.34. The van der Waals surface area contributed by atoms with Gasteiger partial charge in [-0.05, 0) is 49.2 Å². The summed E-state index contributed by atoms with van der Waals surface area (Å²) in [6, 6.07) is 15.6. The Morgan fingerprint density at radius 3 is 2.43 bits per heavy atom. The maximum atomic E-state index is 13.2. The van der Waals surface area contributed by atoms with E-state index >= 15 is 0 Å². The highest BCUT2D eigenvalue weighted by atomic mass is 16.7. The first-order valence-corrected chi connectivity index (χ1v) is 13.5. The van der Waals surface area contributed by atoms with Crippen molar-refractivity contribution in [1.82, 2.24) is 10.2 Å². The molecule has 2 heterocycles. The van der Waals surface area contributed by atoms with Gasteiger partial charge < -0.3 is 29.7 Å². The van der Waals surface area contributed by atoms with Crippen molar-refractivity contribution in [2.24, 2.45) is 0 Å². The maximum Gasteiger partial charge on any atom is 0.305 e. The highest BCUT2D eigenvalue weighted by Crippen LogP contribution is 2.34. The van der Waals surface area contributed by atoms with Crippen LogP contribution in [0, 0.1) is 17.0 Å². The molecule has 1 unspecified atom stereocenters. The Kier molecular flexibility index (Phi) is 8.23. The van der Waals surface area contributed by atoms with Gasteiger partial charge in [0.1, 0.15) is 5.69 Å². The fourth-order valence-electron chi connectivity index (χ4n) is 5.12. The van der Waals surface area contributed by atoms with Crippen LogP contribution in [0.15, 0.2) is 60.7 Å². The lowest BCUT2D eigenvalue weighted by Crippen LogP contribution is -2.35. The third kappa shape index (κ3) is 6.27. The molecule has 0 aromatic heterocycles. The topological polar surface area (TPSA) is 152 Å². The van der Waals surface area contributed by atoms with Gasteiger partial charge in [-0.2, -0.15) is 0 Å². The summed E-state index contributed by atoms with van der Waals surface area (Å²) in [6.45, 7) is 3.67. The molecular weight excluding hydrogens is 544 g/mol. The molecule has 0 bridgehead atoms. The van der Waals surface area contributed by atoms with Gasteiger partial charge in [-0.3, -0.25) is 24.5 Å². The predicted molar refractivity (Wildman–Crippen MR) is 152 cm³/mol. The highest BCUT2D eigenvalue weighted by molar-refractivity contribution is 5.96. The molecule has 0 spiro atoms. The number of benzene rings is 3. The molecule has 2 amide bonds. The summed E-state index contributed by atoms with van der Waals surface area (Å²) < 4.78 is 10.7. The number of carbonyl (C=O) groups is 3. The first kappa shape index (κ1) is 28.4. The van der Waals surface area contributed by atoms with E-state index in [2.05, 4.69) is 5.32 Å². The average molecular weight is 575 g/mol. The zero-order valence-corrected chi connectivity index (χ0v) is 22.9. The van der Waals surface area contributed by atoms with Gasteiger partial charge in [0.25, 0.3) is 17.5 Å². The second kappa shape index (κ2) is 12.2. The number of nitro benzene ring substituents is 1. The lowest BCUT2D eigenvalue weighted by molar-refractivity contribution is -0.384. The van der Waals surface area contributed by atoms with Crippen molar-refractivity contribution in [2.45, 2.75) is 25.8 Å². The van der Waals surface area contributed by atoms with Gasteiger partial charge in [0.2, 0.25) is 6.79 Å². The van der Waals surface area contributed by atoms with E-state index in [9.17, 15) is 29.6 Å². The number of hydrogen-bond donors (Lipinski definition) is 2. The van der Waals surface area contributed by atoms with Crippen LogP contribution in [-0.4, -0.2) is 65.7 Å². The summed E-state index contributed by atoms with van der Waals surface area (Å²) in [5.41, 5.74) is 2.22. The number of aliphatic carboxylic acids is 1. The number of amides is 2. The molecular formula is C30H30N4O8. The number of nitrogens with zero attached hydrogens (tertiary/aromatic N) is 3. The monoisotopic (exact) mass is 574 g/mol. The fourth-order valence-corrected chi connectivity index (χ4v) is 5.12. The number of carboxylic acid groups (broad SMARTS) is 1. The number of rotatable bonds is 8. The number of fused-ring (bicyclic) bond motifs is 1. The summed E-state index contributed by atoms with van der Waals surface area (Å²) in [5, 5.41) is 24.2. The SMILES string of the molecule is Cc1ccc(C(CC(=O)O)NC(=O)c2ccc(N3CCCN(C(=O)c4ccc5c(c4)OCO5)CC3)c([N+](=O)[O-])c2)cc1. The summed E-state index contributed by atoms with van der Waals surface area (Å²) in [5.74, 6) is -0.765. The lowest BCUT2D eigenvalue weighted by atomic mass is 10.0. The minimum absolute atomic E-state index is 0.0439. The first-order valence-electron chi connectivity index (χ1n) is 13.5. The van der Waals surface area contributed by atoms with Crippen molar-refractivity contribution in [2.75, 3.05) is 37.9 Å². The Morgan fingerprint density at radius 1 is 0.952 bits per heavy atom. The number of anilines is 1. The van der Waals surface area contributed by atoms with Crippen LogP contribution in [0.5, 0.6) is 11.5 Å². The van der Waals surface area contributed by atoms with Crippen LogP contribution in [0.1, 0.15) is 50.7 Å². The largest absolute Gasteiger partial charge is 0.481 e. The van der Waals surface area contributed by atoms with Crippen LogP contribution < -0.4 is 19.7 Å². The number of hydrogen-bond acceptors (Lipinski definition) is 8. The molecule has 3 aromatic rings. The standard InChI is InChI=1S/C30H30N4O8/c1-19-3-5-20(6-4-19)23(17-28(35)36)31-29(37)21-7-9-24(25(15-21)34(39)40)32-11-2-12-33(14-13-32)30(38)22-8-10-26-27(16-22)42-18-41-26/h3-10,15-16,23H,2,11-14,17-18H2,1H3,(H,31,37)(H,35,36). The van der Waals surface area contributed by atoms with Crippen LogP contribution in [0.25, 0.3) is 0 Å². The molecule has 0 saturated carbocycles. The van der Waals surface area contributed by atoms with Crippen molar-refractivity contribution in [3.8, 4) is 11.5 Å². The van der Waals surface area contributed by atoms with Crippen LogP contribution in [-0.2, 0) is 4.79 Å². The molecule has 12 heteroatoms. The second-order valence-corrected chi connectivity index (χ2v) is 10.2. The van der Waals surface area contributed by atoms with Crippen LogP contribution >= 0.6 is 0 Å². The second-order valence-electron chi connectivity index (χ2n) is 10.2. The van der Waals surface area contributed by atoms with Gasteiger partial charge in [-0.15, -0.1) is 0 Å². The van der Waals surface area contributed by atoms with E-state index in [1.165, 1.54) is 18.2 Å². The molecule has 1 fully saturated rings. The van der Waals surface area contributed by atoms with Crippen molar-refractivity contribution in [3.63, 3.8) is 0 Å². The van der Waals surface area contributed by atoms with Crippen molar-refractivity contribution >= 4 is 29.2 Å². The Bertz CT molecular complexity index is 1520. The number of carbonyl (C=O) groups excluding carboxylic acids is 2. The number of carboxylic acids is 1. The number of aryl methyl sites for hydroxylation is 1. The zero-order chi connectivity index (χ0) is 29.8. The quantitative estimate of drug-likeness (QED) is 0.301. The van der Waals surface area contributed by atoms with E-state index in [1.807, 2.05) is 24.0 Å². The minimum atomic E-state index is -1.09. The number of ether oxygens (including phenoxy) is 2. The van der Waals surface area contributed by atoms with Gasteiger partial charge in [0, 0.05) is 43.4 Å². The molecule has 2 N–H and O–H groups in total. The van der Waals surface area contributed by atoms with E-state index in [1.54, 1.807) is 35.2 Å². The van der Waals surface area contributed by atoms with E-state index in [0.29, 0.717) is 60.9 Å². The van der Waals surface area contributed by atoms with E-state index in [4.69, 9.17) is 9.47 Å². The van der Waals surface area contributed by atoms with E-state index in [-0.39, 0.29) is 30.4 Å². The fraction of sp³-hybridized carbons (Fsp3) is 0.300. The van der Waals surface area contributed by atoms with Crippen molar-refractivity contribution in [1.29, 1.82) is 0 Å². The average Bonchev–Trinajstić information content (AvgIpc) is 3.31. The van der Waals surface area contributed by atoms with Crippen LogP contribution in [0.2, 0.25) is 0 Å². The molecule has 0 radical (unpaired) electrons. The highest BCUT2D eigenvalue weighted by Gasteiger charge is 2.27. The molecule has 5 rings (SSSR count). The molecule has 12 nitrogen and oxygen atoms in total. The minimum Gasteiger partial charge on any atom is -0.481 e. The lowest BCUT2D eigenvalue weighted by Gasteiger charge is -2.24. The molecule has 3 aromatic carbocycles.